The molecular weight excluding hydrogens is 194 g/mol. The van der Waals surface area contributed by atoms with Gasteiger partial charge in [0.15, 0.2) is 0 Å². The topological polar surface area (TPSA) is 56.5 Å². The van der Waals surface area contributed by atoms with Crippen LogP contribution in [0.25, 0.3) is 5.52 Å². The van der Waals surface area contributed by atoms with Crippen LogP contribution in [0.15, 0.2) is 18.6 Å². The van der Waals surface area contributed by atoms with Crippen LogP contribution in [-0.2, 0) is 4.74 Å². The lowest BCUT2D eigenvalue weighted by Gasteiger charge is -1.99. The fourth-order valence-electron chi connectivity index (χ4n) is 1.47. The molecule has 2 rings (SSSR count). The molecule has 78 valence electrons. The zero-order valence-corrected chi connectivity index (χ0v) is 8.60. The van der Waals surface area contributed by atoms with Gasteiger partial charge in [-0.05, 0) is 13.8 Å². The third-order valence-electron chi connectivity index (χ3n) is 2.09. The van der Waals surface area contributed by atoms with E-state index in [4.69, 9.17) is 4.74 Å². The Morgan fingerprint density at radius 1 is 1.60 bits per heavy atom. The quantitative estimate of drug-likeness (QED) is 0.691. The van der Waals surface area contributed by atoms with Gasteiger partial charge in [-0.2, -0.15) is 5.10 Å². The summed E-state index contributed by atoms with van der Waals surface area (Å²) >= 11 is 0. The van der Waals surface area contributed by atoms with Crippen LogP contribution in [-0.4, -0.2) is 27.2 Å². The summed E-state index contributed by atoms with van der Waals surface area (Å²) in [5, 5.41) is 4.19. The third kappa shape index (κ3) is 1.56. The van der Waals surface area contributed by atoms with Gasteiger partial charge >= 0.3 is 5.97 Å². The highest BCUT2D eigenvalue weighted by molar-refractivity contribution is 5.98. The summed E-state index contributed by atoms with van der Waals surface area (Å²) in [6.07, 6.45) is 4.92. The van der Waals surface area contributed by atoms with E-state index in [2.05, 4.69) is 10.1 Å². The fourth-order valence-corrected chi connectivity index (χ4v) is 1.47. The van der Waals surface area contributed by atoms with Crippen molar-refractivity contribution >= 4 is 11.5 Å². The minimum Gasteiger partial charge on any atom is -0.462 e. The van der Waals surface area contributed by atoms with Crippen LogP contribution in [0.5, 0.6) is 0 Å². The minimum atomic E-state index is -0.349. The number of hydrogen-bond acceptors (Lipinski definition) is 4. The molecule has 0 spiro atoms. The van der Waals surface area contributed by atoms with Gasteiger partial charge in [0.1, 0.15) is 5.56 Å². The van der Waals surface area contributed by atoms with E-state index in [-0.39, 0.29) is 5.97 Å². The average Bonchev–Trinajstić information content (AvgIpc) is 2.54. The predicted octanol–water partition coefficient (Wildman–Crippen LogP) is 1.21. The van der Waals surface area contributed by atoms with Gasteiger partial charge in [0.2, 0.25) is 0 Å². The van der Waals surface area contributed by atoms with E-state index >= 15 is 0 Å². The van der Waals surface area contributed by atoms with E-state index in [1.54, 1.807) is 37.0 Å². The molecule has 0 radical (unpaired) electrons. The minimum absolute atomic E-state index is 0.349. The molecule has 0 aliphatic heterocycles. The highest BCUT2D eigenvalue weighted by atomic mass is 16.5. The van der Waals surface area contributed by atoms with Crippen LogP contribution >= 0.6 is 0 Å². The first kappa shape index (κ1) is 9.64. The number of carbonyl (C=O) groups excluding carboxylic acids is 1. The molecule has 0 bridgehead atoms. The Labute approximate surface area is 86.7 Å². The van der Waals surface area contributed by atoms with E-state index in [1.807, 2.05) is 0 Å². The molecule has 0 saturated heterocycles. The van der Waals surface area contributed by atoms with Gasteiger partial charge in [0, 0.05) is 12.4 Å². The van der Waals surface area contributed by atoms with Crippen molar-refractivity contribution in [3.8, 4) is 0 Å². The van der Waals surface area contributed by atoms with Gasteiger partial charge in [-0.1, -0.05) is 0 Å². The Kier molecular flexibility index (Phi) is 2.37. The molecule has 2 heterocycles. The summed E-state index contributed by atoms with van der Waals surface area (Å²) in [6, 6.07) is 0. The molecule has 0 atom stereocenters. The molecule has 0 fully saturated rings. The van der Waals surface area contributed by atoms with E-state index in [0.29, 0.717) is 23.4 Å². The Hall–Kier alpha value is -1.91. The first-order valence-electron chi connectivity index (χ1n) is 4.70. The zero-order valence-electron chi connectivity index (χ0n) is 8.60. The maximum absolute atomic E-state index is 11.6. The standard InChI is InChI=1S/C10H11N3O2/c1-3-15-10(14)9-7(2)12-13-5-4-11-6-8(9)13/h4-6H,3H2,1-2H3. The molecular formula is C10H11N3O2. The number of aryl methyl sites for hydroxylation is 1. The Morgan fingerprint density at radius 2 is 2.40 bits per heavy atom. The highest BCUT2D eigenvalue weighted by Crippen LogP contribution is 2.14. The molecule has 0 aliphatic rings. The van der Waals surface area contributed by atoms with Gasteiger partial charge < -0.3 is 4.74 Å². The van der Waals surface area contributed by atoms with Crippen LogP contribution in [0.4, 0.5) is 0 Å². The Balaban J connectivity index is 2.58. The van der Waals surface area contributed by atoms with Gasteiger partial charge in [0.05, 0.1) is 24.0 Å². The van der Waals surface area contributed by atoms with Crippen molar-refractivity contribution in [1.29, 1.82) is 0 Å². The van der Waals surface area contributed by atoms with Gasteiger partial charge in [0.25, 0.3) is 0 Å². The maximum atomic E-state index is 11.6. The average molecular weight is 205 g/mol. The van der Waals surface area contributed by atoms with Crippen LogP contribution in [0.1, 0.15) is 23.0 Å². The number of carbonyl (C=O) groups is 1. The smallest absolute Gasteiger partial charge is 0.342 e. The molecule has 0 saturated carbocycles. The SMILES string of the molecule is CCOC(=O)c1c(C)nn2ccncc12. The number of rotatable bonds is 2. The predicted molar refractivity (Wildman–Crippen MR) is 53.7 cm³/mol. The molecule has 15 heavy (non-hydrogen) atoms. The molecule has 5 heteroatoms. The molecule has 0 aromatic carbocycles. The normalized spacial score (nSPS) is 10.5. The van der Waals surface area contributed by atoms with Crippen LogP contribution < -0.4 is 0 Å². The summed E-state index contributed by atoms with van der Waals surface area (Å²) in [7, 11) is 0. The van der Waals surface area contributed by atoms with Crippen molar-refractivity contribution in [1.82, 2.24) is 14.6 Å². The van der Waals surface area contributed by atoms with Crippen LogP contribution in [0.3, 0.4) is 0 Å². The summed E-state index contributed by atoms with van der Waals surface area (Å²) in [5.74, 6) is -0.349. The van der Waals surface area contributed by atoms with Crippen LogP contribution in [0.2, 0.25) is 0 Å². The summed E-state index contributed by atoms with van der Waals surface area (Å²) in [4.78, 5) is 15.6. The first-order chi connectivity index (χ1) is 7.24. The lowest BCUT2D eigenvalue weighted by Crippen LogP contribution is -2.05. The van der Waals surface area contributed by atoms with Gasteiger partial charge in [-0.3, -0.25) is 4.98 Å². The monoisotopic (exact) mass is 205 g/mol. The number of hydrogen-bond donors (Lipinski definition) is 0. The van der Waals surface area contributed by atoms with E-state index in [1.165, 1.54) is 0 Å². The van der Waals surface area contributed by atoms with Crippen molar-refractivity contribution in [2.75, 3.05) is 6.61 Å². The number of nitrogens with zero attached hydrogens (tertiary/aromatic N) is 3. The second kappa shape index (κ2) is 3.68. The van der Waals surface area contributed by atoms with Crippen molar-refractivity contribution in [3.63, 3.8) is 0 Å². The highest BCUT2D eigenvalue weighted by Gasteiger charge is 2.17. The first-order valence-corrected chi connectivity index (χ1v) is 4.70. The van der Waals surface area contributed by atoms with Crippen molar-refractivity contribution in [3.05, 3.63) is 29.8 Å². The fraction of sp³-hybridized carbons (Fsp3) is 0.300. The van der Waals surface area contributed by atoms with Crippen molar-refractivity contribution in [2.45, 2.75) is 13.8 Å². The Morgan fingerprint density at radius 3 is 3.13 bits per heavy atom. The third-order valence-corrected chi connectivity index (χ3v) is 2.09. The van der Waals surface area contributed by atoms with E-state index < -0.39 is 0 Å². The zero-order chi connectivity index (χ0) is 10.8. The van der Waals surface area contributed by atoms with Crippen molar-refractivity contribution < 1.29 is 9.53 Å². The van der Waals surface area contributed by atoms with Crippen molar-refractivity contribution in [2.24, 2.45) is 0 Å². The van der Waals surface area contributed by atoms with Gasteiger partial charge in [-0.25, -0.2) is 9.31 Å². The lowest BCUT2D eigenvalue weighted by molar-refractivity contribution is 0.0528. The largest absolute Gasteiger partial charge is 0.462 e. The second-order valence-corrected chi connectivity index (χ2v) is 3.09. The molecule has 5 nitrogen and oxygen atoms in total. The lowest BCUT2D eigenvalue weighted by atomic mass is 10.2. The van der Waals surface area contributed by atoms with E-state index in [9.17, 15) is 4.79 Å². The molecule has 0 amide bonds. The molecule has 2 aromatic rings. The van der Waals surface area contributed by atoms with Crippen LogP contribution in [0, 0.1) is 6.92 Å². The summed E-state index contributed by atoms with van der Waals surface area (Å²) in [6.45, 7) is 3.91. The number of fused-ring (bicyclic) bond motifs is 1. The van der Waals surface area contributed by atoms with E-state index in [0.717, 1.165) is 0 Å². The second-order valence-electron chi connectivity index (χ2n) is 3.09. The number of ether oxygens (including phenoxy) is 1. The summed E-state index contributed by atoms with van der Waals surface area (Å²) < 4.78 is 6.57. The summed E-state index contributed by atoms with van der Waals surface area (Å²) in [5.41, 5.74) is 1.82. The maximum Gasteiger partial charge on any atom is 0.342 e. The molecule has 2 aromatic heterocycles. The Bertz CT molecular complexity index is 504. The molecule has 0 N–H and O–H groups in total. The number of esters is 1. The molecule has 0 aliphatic carbocycles. The number of aromatic nitrogens is 3. The molecule has 0 unspecified atom stereocenters. The van der Waals surface area contributed by atoms with Gasteiger partial charge in [-0.15, -0.1) is 0 Å².